The van der Waals surface area contributed by atoms with E-state index in [1.54, 1.807) is 11.8 Å². The molecule has 0 spiro atoms. The van der Waals surface area contributed by atoms with Gasteiger partial charge in [0, 0.05) is 12.2 Å². The number of hydrogen-bond acceptors (Lipinski definition) is 6. The number of nitrogens with zero attached hydrogens (tertiary/aromatic N) is 2. The standard InChI is InChI=1S/C11H19N3OS2/c1-3-9-13-10(17-14-9)16-7-11(6-15,12-2)8-4-5-8/h8,12,15H,3-7H2,1-2H3. The molecule has 1 aromatic rings. The number of nitrogens with one attached hydrogen (secondary N) is 1. The predicted molar refractivity (Wildman–Crippen MR) is 71.6 cm³/mol. The average molecular weight is 273 g/mol. The normalized spacial score (nSPS) is 19.2. The largest absolute Gasteiger partial charge is 0.394 e. The van der Waals surface area contributed by atoms with Gasteiger partial charge in [-0.2, -0.15) is 4.37 Å². The highest BCUT2D eigenvalue weighted by molar-refractivity contribution is 8.01. The zero-order valence-electron chi connectivity index (χ0n) is 10.3. The van der Waals surface area contributed by atoms with E-state index in [4.69, 9.17) is 0 Å². The molecule has 1 aromatic heterocycles. The Morgan fingerprint density at radius 2 is 2.35 bits per heavy atom. The summed E-state index contributed by atoms with van der Waals surface area (Å²) in [5.74, 6) is 2.40. The summed E-state index contributed by atoms with van der Waals surface area (Å²) in [7, 11) is 1.94. The van der Waals surface area contributed by atoms with Crippen LogP contribution in [0.2, 0.25) is 0 Å². The van der Waals surface area contributed by atoms with E-state index in [0.29, 0.717) is 5.92 Å². The molecule has 0 aliphatic heterocycles. The lowest BCUT2D eigenvalue weighted by atomic mass is 9.97. The fourth-order valence-corrected chi connectivity index (χ4v) is 3.94. The molecule has 1 aliphatic carbocycles. The molecule has 0 amide bonds. The molecule has 2 rings (SSSR count). The van der Waals surface area contributed by atoms with Gasteiger partial charge in [0.15, 0.2) is 4.34 Å². The topological polar surface area (TPSA) is 58.0 Å². The Morgan fingerprint density at radius 3 is 2.82 bits per heavy atom. The van der Waals surface area contributed by atoms with E-state index in [9.17, 15) is 5.11 Å². The molecule has 0 saturated heterocycles. The van der Waals surface area contributed by atoms with Gasteiger partial charge in [-0.05, 0) is 37.3 Å². The van der Waals surface area contributed by atoms with E-state index in [1.807, 2.05) is 7.05 Å². The zero-order chi connectivity index (χ0) is 12.3. The second-order valence-corrected chi connectivity index (χ2v) is 6.43. The lowest BCUT2D eigenvalue weighted by Crippen LogP contribution is -2.51. The summed E-state index contributed by atoms with van der Waals surface area (Å²) >= 11 is 3.16. The maximum atomic E-state index is 9.61. The number of aliphatic hydroxyl groups excluding tert-OH is 1. The SMILES string of the molecule is CCc1nsc(SCC(CO)(NC)C2CC2)n1. The van der Waals surface area contributed by atoms with Crippen molar-refractivity contribution in [1.29, 1.82) is 0 Å². The molecule has 1 aliphatic rings. The number of aliphatic hydroxyl groups is 1. The van der Waals surface area contributed by atoms with Crippen LogP contribution in [0.3, 0.4) is 0 Å². The lowest BCUT2D eigenvalue weighted by Gasteiger charge is -2.31. The van der Waals surface area contributed by atoms with E-state index >= 15 is 0 Å². The Kier molecular flexibility index (Phi) is 4.41. The third-order valence-electron chi connectivity index (χ3n) is 3.36. The summed E-state index contributed by atoms with van der Waals surface area (Å²) in [6.07, 6.45) is 3.33. The summed E-state index contributed by atoms with van der Waals surface area (Å²) in [6.45, 7) is 2.26. The fraction of sp³-hybridized carbons (Fsp3) is 0.818. The predicted octanol–water partition coefficient (Wildman–Crippen LogP) is 1.55. The molecule has 2 N–H and O–H groups in total. The molecule has 1 unspecified atom stereocenters. The van der Waals surface area contributed by atoms with Crippen LogP contribution in [0.4, 0.5) is 0 Å². The first-order chi connectivity index (χ1) is 8.24. The fourth-order valence-electron chi connectivity index (χ4n) is 1.91. The van der Waals surface area contributed by atoms with Crippen molar-refractivity contribution >= 4 is 23.3 Å². The highest BCUT2D eigenvalue weighted by Crippen LogP contribution is 2.42. The van der Waals surface area contributed by atoms with Gasteiger partial charge in [-0.25, -0.2) is 4.98 Å². The highest BCUT2D eigenvalue weighted by Gasteiger charge is 2.43. The number of hydrogen-bond donors (Lipinski definition) is 2. The van der Waals surface area contributed by atoms with Gasteiger partial charge in [-0.15, -0.1) is 0 Å². The lowest BCUT2D eigenvalue weighted by molar-refractivity contribution is 0.167. The van der Waals surface area contributed by atoms with Crippen molar-refractivity contribution in [2.75, 3.05) is 19.4 Å². The number of aryl methyl sites for hydroxylation is 1. The number of likely N-dealkylation sites (N-methyl/N-ethyl adjacent to an activating group) is 1. The molecule has 17 heavy (non-hydrogen) atoms. The monoisotopic (exact) mass is 273 g/mol. The maximum absolute atomic E-state index is 9.61. The second kappa shape index (κ2) is 5.65. The minimum atomic E-state index is -0.136. The third-order valence-corrected chi connectivity index (χ3v) is 5.48. The molecule has 1 heterocycles. The van der Waals surface area contributed by atoms with E-state index in [2.05, 4.69) is 21.6 Å². The summed E-state index contributed by atoms with van der Waals surface area (Å²) < 4.78 is 5.28. The molecule has 0 bridgehead atoms. The van der Waals surface area contributed by atoms with Crippen LogP contribution in [0.15, 0.2) is 4.34 Å². The number of aromatic nitrogens is 2. The smallest absolute Gasteiger partial charge is 0.170 e. The highest BCUT2D eigenvalue weighted by atomic mass is 32.2. The first-order valence-electron chi connectivity index (χ1n) is 5.99. The summed E-state index contributed by atoms with van der Waals surface area (Å²) in [5.41, 5.74) is -0.136. The van der Waals surface area contributed by atoms with Crippen molar-refractivity contribution in [1.82, 2.24) is 14.7 Å². The van der Waals surface area contributed by atoms with Crippen LogP contribution in [0.1, 0.15) is 25.6 Å². The third kappa shape index (κ3) is 2.99. The summed E-state index contributed by atoms with van der Waals surface area (Å²) in [5, 5.41) is 12.9. The minimum Gasteiger partial charge on any atom is -0.394 e. The van der Waals surface area contributed by atoms with Gasteiger partial charge >= 0.3 is 0 Å². The van der Waals surface area contributed by atoms with Gasteiger partial charge in [-0.1, -0.05) is 18.7 Å². The van der Waals surface area contributed by atoms with Gasteiger partial charge in [0.2, 0.25) is 0 Å². The Labute approximate surface area is 110 Å². The van der Waals surface area contributed by atoms with Crippen molar-refractivity contribution in [2.24, 2.45) is 5.92 Å². The molecule has 1 fully saturated rings. The van der Waals surface area contributed by atoms with Crippen LogP contribution in [0, 0.1) is 5.92 Å². The number of rotatable bonds is 7. The van der Waals surface area contributed by atoms with Gasteiger partial charge < -0.3 is 10.4 Å². The quantitative estimate of drug-likeness (QED) is 0.738. The van der Waals surface area contributed by atoms with Crippen LogP contribution in [0.25, 0.3) is 0 Å². The maximum Gasteiger partial charge on any atom is 0.170 e. The minimum absolute atomic E-state index is 0.136. The Bertz CT molecular complexity index is 361. The molecule has 1 atom stereocenters. The summed E-state index contributed by atoms with van der Waals surface area (Å²) in [4.78, 5) is 4.44. The molecule has 0 aromatic carbocycles. The average Bonchev–Trinajstić information content (AvgIpc) is 3.11. The molecular formula is C11H19N3OS2. The van der Waals surface area contributed by atoms with Crippen LogP contribution in [-0.4, -0.2) is 39.4 Å². The van der Waals surface area contributed by atoms with E-state index in [1.165, 1.54) is 24.4 Å². The van der Waals surface area contributed by atoms with Crippen LogP contribution in [0.5, 0.6) is 0 Å². The Morgan fingerprint density at radius 1 is 1.59 bits per heavy atom. The van der Waals surface area contributed by atoms with Crippen molar-refractivity contribution in [3.05, 3.63) is 5.82 Å². The first-order valence-corrected chi connectivity index (χ1v) is 7.75. The zero-order valence-corrected chi connectivity index (χ0v) is 11.9. The van der Waals surface area contributed by atoms with Crippen molar-refractivity contribution in [3.8, 4) is 0 Å². The van der Waals surface area contributed by atoms with E-state index < -0.39 is 0 Å². The summed E-state index contributed by atoms with van der Waals surface area (Å²) in [6, 6.07) is 0. The van der Waals surface area contributed by atoms with Crippen LogP contribution in [-0.2, 0) is 6.42 Å². The first kappa shape index (κ1) is 13.3. The molecule has 1 saturated carbocycles. The molecule has 96 valence electrons. The Hall–Kier alpha value is -0.170. The molecular weight excluding hydrogens is 254 g/mol. The van der Waals surface area contributed by atoms with Crippen LogP contribution >= 0.6 is 23.3 Å². The molecule has 0 radical (unpaired) electrons. The number of thioether (sulfide) groups is 1. The van der Waals surface area contributed by atoms with Crippen molar-refractivity contribution in [2.45, 2.75) is 36.1 Å². The van der Waals surface area contributed by atoms with Crippen molar-refractivity contribution < 1.29 is 5.11 Å². The van der Waals surface area contributed by atoms with Crippen LogP contribution < -0.4 is 5.32 Å². The van der Waals surface area contributed by atoms with E-state index in [0.717, 1.165) is 22.3 Å². The van der Waals surface area contributed by atoms with Gasteiger partial charge in [0.25, 0.3) is 0 Å². The second-order valence-electron chi connectivity index (χ2n) is 4.46. The molecule has 6 heteroatoms. The van der Waals surface area contributed by atoms with Crippen molar-refractivity contribution in [3.63, 3.8) is 0 Å². The Balaban J connectivity index is 1.94. The van der Waals surface area contributed by atoms with Gasteiger partial charge in [0.05, 0.1) is 12.1 Å². The van der Waals surface area contributed by atoms with Gasteiger partial charge in [0.1, 0.15) is 5.82 Å². The van der Waals surface area contributed by atoms with Gasteiger partial charge in [-0.3, -0.25) is 0 Å². The van der Waals surface area contributed by atoms with E-state index in [-0.39, 0.29) is 12.1 Å². The molecule has 4 nitrogen and oxygen atoms in total.